The number of ether oxygens (including phenoxy) is 1. The van der Waals surface area contributed by atoms with Gasteiger partial charge in [-0.05, 0) is 24.5 Å². The first kappa shape index (κ1) is 16.0. The largest absolute Gasteiger partial charge is 0.377 e. The molecule has 3 nitrogen and oxygen atoms in total. The van der Waals surface area contributed by atoms with E-state index in [9.17, 15) is 0 Å². The lowest BCUT2D eigenvalue weighted by Gasteiger charge is -2.06. The molecule has 0 spiro atoms. The minimum absolute atomic E-state index is 0.675. The highest BCUT2D eigenvalue weighted by molar-refractivity contribution is 5.35. The normalized spacial score (nSPS) is 10.6. The molecule has 0 aliphatic heterocycles. The summed E-state index contributed by atoms with van der Waals surface area (Å²) in [5.74, 6) is 0.949. The van der Waals surface area contributed by atoms with Crippen LogP contribution in [0.4, 0.5) is 5.82 Å². The average molecular weight is 264 g/mol. The molecule has 19 heavy (non-hydrogen) atoms. The van der Waals surface area contributed by atoms with E-state index in [0.717, 1.165) is 31.0 Å². The van der Waals surface area contributed by atoms with Crippen molar-refractivity contribution in [3.63, 3.8) is 0 Å². The van der Waals surface area contributed by atoms with E-state index in [1.165, 1.54) is 32.1 Å². The first-order valence-corrected chi connectivity index (χ1v) is 7.63. The van der Waals surface area contributed by atoms with Crippen molar-refractivity contribution in [1.29, 1.82) is 0 Å². The summed E-state index contributed by atoms with van der Waals surface area (Å²) in [7, 11) is 0. The van der Waals surface area contributed by atoms with Crippen LogP contribution < -0.4 is 5.32 Å². The molecule has 0 bridgehead atoms. The van der Waals surface area contributed by atoms with Crippen molar-refractivity contribution in [2.45, 2.75) is 59.0 Å². The van der Waals surface area contributed by atoms with Crippen LogP contribution in [-0.2, 0) is 11.3 Å². The molecule has 0 saturated carbocycles. The van der Waals surface area contributed by atoms with Gasteiger partial charge in [-0.25, -0.2) is 4.98 Å². The second kappa shape index (κ2) is 10.8. The second-order valence-corrected chi connectivity index (χ2v) is 4.95. The van der Waals surface area contributed by atoms with Gasteiger partial charge in [-0.1, -0.05) is 45.6 Å². The quantitative estimate of drug-likeness (QED) is 0.602. The van der Waals surface area contributed by atoms with E-state index in [0.29, 0.717) is 6.61 Å². The Labute approximate surface area is 117 Å². The number of aromatic nitrogens is 1. The summed E-state index contributed by atoms with van der Waals surface area (Å²) in [4.78, 5) is 4.36. The monoisotopic (exact) mass is 264 g/mol. The fourth-order valence-corrected chi connectivity index (χ4v) is 1.87. The van der Waals surface area contributed by atoms with Gasteiger partial charge in [0, 0.05) is 19.3 Å². The Bertz CT molecular complexity index is 311. The van der Waals surface area contributed by atoms with E-state index in [-0.39, 0.29) is 0 Å². The van der Waals surface area contributed by atoms with E-state index in [4.69, 9.17) is 4.74 Å². The third-order valence-electron chi connectivity index (χ3n) is 3.04. The van der Waals surface area contributed by atoms with Gasteiger partial charge in [0.2, 0.25) is 0 Å². The van der Waals surface area contributed by atoms with Gasteiger partial charge >= 0.3 is 0 Å². The van der Waals surface area contributed by atoms with Crippen LogP contribution in [0.25, 0.3) is 0 Å². The molecular weight excluding hydrogens is 236 g/mol. The maximum absolute atomic E-state index is 5.66. The van der Waals surface area contributed by atoms with Crippen LogP contribution in [-0.4, -0.2) is 18.1 Å². The third kappa shape index (κ3) is 7.83. The van der Waals surface area contributed by atoms with E-state index >= 15 is 0 Å². The molecule has 0 atom stereocenters. The van der Waals surface area contributed by atoms with Gasteiger partial charge in [-0.3, -0.25) is 0 Å². The summed E-state index contributed by atoms with van der Waals surface area (Å²) in [6.07, 6.45) is 9.44. The van der Waals surface area contributed by atoms with Crippen molar-refractivity contribution < 1.29 is 4.74 Å². The molecule has 0 unspecified atom stereocenters. The molecule has 108 valence electrons. The van der Waals surface area contributed by atoms with E-state index in [2.05, 4.69) is 30.2 Å². The number of hydrogen-bond donors (Lipinski definition) is 1. The number of rotatable bonds is 11. The Morgan fingerprint density at radius 3 is 2.58 bits per heavy atom. The van der Waals surface area contributed by atoms with Gasteiger partial charge in [0.05, 0.1) is 6.61 Å². The SMILES string of the molecule is CCCCCCCOCc1ccc(NCCC)nc1. The second-order valence-electron chi connectivity index (χ2n) is 4.95. The Balaban J connectivity index is 2.09. The molecule has 0 amide bonds. The van der Waals surface area contributed by atoms with Gasteiger partial charge in [-0.2, -0.15) is 0 Å². The van der Waals surface area contributed by atoms with E-state index in [1.807, 2.05) is 12.3 Å². The zero-order valence-corrected chi connectivity index (χ0v) is 12.5. The van der Waals surface area contributed by atoms with Crippen LogP contribution in [0.2, 0.25) is 0 Å². The van der Waals surface area contributed by atoms with Crippen molar-refractivity contribution in [3.05, 3.63) is 23.9 Å². The topological polar surface area (TPSA) is 34.1 Å². The van der Waals surface area contributed by atoms with Crippen molar-refractivity contribution in [2.75, 3.05) is 18.5 Å². The van der Waals surface area contributed by atoms with E-state index < -0.39 is 0 Å². The highest BCUT2D eigenvalue weighted by atomic mass is 16.5. The first-order valence-electron chi connectivity index (χ1n) is 7.63. The van der Waals surface area contributed by atoms with Crippen LogP contribution >= 0.6 is 0 Å². The van der Waals surface area contributed by atoms with Crippen LogP contribution in [0.3, 0.4) is 0 Å². The smallest absolute Gasteiger partial charge is 0.125 e. The van der Waals surface area contributed by atoms with Crippen molar-refractivity contribution in [3.8, 4) is 0 Å². The molecule has 0 aliphatic carbocycles. The molecule has 0 aromatic carbocycles. The average Bonchev–Trinajstić information content (AvgIpc) is 2.45. The Kier molecular flexibility index (Phi) is 9.07. The predicted octanol–water partition coefficient (Wildman–Crippen LogP) is 4.39. The molecule has 1 rings (SSSR count). The lowest BCUT2D eigenvalue weighted by atomic mass is 10.2. The van der Waals surface area contributed by atoms with Gasteiger partial charge < -0.3 is 10.1 Å². The van der Waals surface area contributed by atoms with Gasteiger partial charge in [-0.15, -0.1) is 0 Å². The number of anilines is 1. The van der Waals surface area contributed by atoms with Crippen molar-refractivity contribution >= 4 is 5.82 Å². The first-order chi connectivity index (χ1) is 9.36. The molecule has 0 aliphatic rings. The molecule has 0 saturated heterocycles. The Morgan fingerprint density at radius 2 is 1.89 bits per heavy atom. The summed E-state index contributed by atoms with van der Waals surface area (Å²) in [6, 6.07) is 4.11. The summed E-state index contributed by atoms with van der Waals surface area (Å²) >= 11 is 0. The molecule has 1 aromatic rings. The predicted molar refractivity (Wildman–Crippen MR) is 81.4 cm³/mol. The number of hydrogen-bond acceptors (Lipinski definition) is 3. The Morgan fingerprint density at radius 1 is 1.05 bits per heavy atom. The zero-order chi connectivity index (χ0) is 13.8. The molecular formula is C16H28N2O. The van der Waals surface area contributed by atoms with Gasteiger partial charge in [0.1, 0.15) is 5.82 Å². The fraction of sp³-hybridized carbons (Fsp3) is 0.688. The number of unbranched alkanes of at least 4 members (excludes halogenated alkanes) is 4. The molecule has 1 N–H and O–H groups in total. The third-order valence-corrected chi connectivity index (χ3v) is 3.04. The number of nitrogens with one attached hydrogen (secondary N) is 1. The molecule has 3 heteroatoms. The zero-order valence-electron chi connectivity index (χ0n) is 12.5. The van der Waals surface area contributed by atoms with Gasteiger partial charge in [0.15, 0.2) is 0 Å². The molecule has 0 fully saturated rings. The summed E-state index contributed by atoms with van der Waals surface area (Å²) in [5, 5.41) is 3.27. The van der Waals surface area contributed by atoms with E-state index in [1.54, 1.807) is 0 Å². The molecule has 0 radical (unpaired) electrons. The highest BCUT2D eigenvalue weighted by Crippen LogP contribution is 2.07. The summed E-state index contributed by atoms with van der Waals surface area (Å²) in [5.41, 5.74) is 1.15. The van der Waals surface area contributed by atoms with Crippen molar-refractivity contribution in [2.24, 2.45) is 0 Å². The summed E-state index contributed by atoms with van der Waals surface area (Å²) < 4.78 is 5.66. The van der Waals surface area contributed by atoms with Crippen molar-refractivity contribution in [1.82, 2.24) is 4.98 Å². The maximum Gasteiger partial charge on any atom is 0.125 e. The Hall–Kier alpha value is -1.09. The lowest BCUT2D eigenvalue weighted by Crippen LogP contribution is -2.02. The lowest BCUT2D eigenvalue weighted by molar-refractivity contribution is 0.116. The van der Waals surface area contributed by atoms with Crippen LogP contribution in [0.1, 0.15) is 57.9 Å². The van der Waals surface area contributed by atoms with Crippen LogP contribution in [0, 0.1) is 0 Å². The standard InChI is InChI=1S/C16H28N2O/c1-3-5-6-7-8-12-19-14-15-9-10-16(18-13-15)17-11-4-2/h9-10,13H,3-8,11-12,14H2,1-2H3,(H,17,18). The highest BCUT2D eigenvalue weighted by Gasteiger charge is 1.96. The number of pyridine rings is 1. The van der Waals surface area contributed by atoms with Crippen LogP contribution in [0.15, 0.2) is 18.3 Å². The summed E-state index contributed by atoms with van der Waals surface area (Å²) in [6.45, 7) is 6.90. The minimum atomic E-state index is 0.675. The van der Waals surface area contributed by atoms with Crippen LogP contribution in [0.5, 0.6) is 0 Å². The molecule has 1 aromatic heterocycles. The number of nitrogens with zero attached hydrogens (tertiary/aromatic N) is 1. The fourth-order valence-electron chi connectivity index (χ4n) is 1.87. The minimum Gasteiger partial charge on any atom is -0.377 e. The maximum atomic E-state index is 5.66. The van der Waals surface area contributed by atoms with Gasteiger partial charge in [0.25, 0.3) is 0 Å². The molecule has 1 heterocycles.